The predicted molar refractivity (Wildman–Crippen MR) is 78.8 cm³/mol. The number of carboxylic acid groups (broad SMARTS) is 1. The SMILES string of the molecule is CCOc1ccccc1-c1cn2cccc(C(=O)O)c2n1. The van der Waals surface area contributed by atoms with Crippen LogP contribution in [0.4, 0.5) is 0 Å². The Kier molecular flexibility index (Phi) is 3.31. The van der Waals surface area contributed by atoms with Crippen molar-refractivity contribution in [3.63, 3.8) is 0 Å². The molecule has 1 aromatic carbocycles. The van der Waals surface area contributed by atoms with Crippen molar-refractivity contribution in [2.75, 3.05) is 6.61 Å². The lowest BCUT2D eigenvalue weighted by Gasteiger charge is -2.07. The number of imidazole rings is 1. The van der Waals surface area contributed by atoms with Crippen molar-refractivity contribution in [2.45, 2.75) is 6.92 Å². The fraction of sp³-hybridized carbons (Fsp3) is 0.125. The third-order valence-corrected chi connectivity index (χ3v) is 3.18. The molecule has 0 saturated carbocycles. The Morgan fingerprint density at radius 1 is 1.29 bits per heavy atom. The second-order valence-electron chi connectivity index (χ2n) is 4.51. The van der Waals surface area contributed by atoms with Crippen LogP contribution in [0.3, 0.4) is 0 Å². The van der Waals surface area contributed by atoms with Crippen LogP contribution in [0.1, 0.15) is 17.3 Å². The number of carbonyl (C=O) groups is 1. The minimum atomic E-state index is -0.990. The summed E-state index contributed by atoms with van der Waals surface area (Å²) in [5.74, 6) is -0.254. The van der Waals surface area contributed by atoms with Crippen LogP contribution in [0, 0.1) is 0 Å². The van der Waals surface area contributed by atoms with Gasteiger partial charge in [-0.3, -0.25) is 0 Å². The molecule has 0 bridgehead atoms. The maximum absolute atomic E-state index is 11.3. The van der Waals surface area contributed by atoms with Crippen molar-refractivity contribution in [1.29, 1.82) is 0 Å². The molecule has 0 aliphatic carbocycles. The van der Waals surface area contributed by atoms with Crippen molar-refractivity contribution >= 4 is 11.6 Å². The Morgan fingerprint density at radius 2 is 2.10 bits per heavy atom. The molecule has 0 saturated heterocycles. The summed E-state index contributed by atoms with van der Waals surface area (Å²) in [5, 5.41) is 9.22. The topological polar surface area (TPSA) is 63.8 Å². The van der Waals surface area contributed by atoms with Crippen LogP contribution < -0.4 is 4.74 Å². The van der Waals surface area contributed by atoms with Gasteiger partial charge in [0, 0.05) is 18.0 Å². The lowest BCUT2D eigenvalue weighted by Crippen LogP contribution is -1.99. The first kappa shape index (κ1) is 13.2. The van der Waals surface area contributed by atoms with Gasteiger partial charge in [-0.2, -0.15) is 0 Å². The van der Waals surface area contributed by atoms with Gasteiger partial charge >= 0.3 is 5.97 Å². The van der Waals surface area contributed by atoms with Crippen LogP contribution in [0.5, 0.6) is 5.75 Å². The van der Waals surface area contributed by atoms with E-state index >= 15 is 0 Å². The maximum atomic E-state index is 11.3. The molecule has 3 rings (SSSR count). The third kappa shape index (κ3) is 2.33. The lowest BCUT2D eigenvalue weighted by molar-refractivity contribution is 0.0698. The van der Waals surface area contributed by atoms with Gasteiger partial charge in [0.25, 0.3) is 0 Å². The number of carboxylic acids is 1. The largest absolute Gasteiger partial charge is 0.493 e. The Hall–Kier alpha value is -2.82. The third-order valence-electron chi connectivity index (χ3n) is 3.18. The molecule has 3 aromatic rings. The van der Waals surface area contributed by atoms with E-state index in [0.717, 1.165) is 11.3 Å². The van der Waals surface area contributed by atoms with Gasteiger partial charge in [-0.1, -0.05) is 12.1 Å². The summed E-state index contributed by atoms with van der Waals surface area (Å²) >= 11 is 0. The highest BCUT2D eigenvalue weighted by Crippen LogP contribution is 2.29. The van der Waals surface area contributed by atoms with Crippen LogP contribution in [-0.2, 0) is 0 Å². The summed E-state index contributed by atoms with van der Waals surface area (Å²) in [5.41, 5.74) is 2.14. The van der Waals surface area contributed by atoms with Gasteiger partial charge in [0.15, 0.2) is 5.65 Å². The van der Waals surface area contributed by atoms with Crippen molar-refractivity contribution in [3.05, 3.63) is 54.4 Å². The Bertz CT molecular complexity index is 808. The van der Waals surface area contributed by atoms with Crippen LogP contribution in [0.25, 0.3) is 16.9 Å². The molecular formula is C16H14N2O3. The first-order valence-electron chi connectivity index (χ1n) is 6.64. The van der Waals surface area contributed by atoms with E-state index in [1.165, 1.54) is 0 Å². The van der Waals surface area contributed by atoms with Crippen molar-refractivity contribution in [3.8, 4) is 17.0 Å². The van der Waals surface area contributed by atoms with E-state index in [9.17, 15) is 9.90 Å². The normalized spacial score (nSPS) is 10.7. The van der Waals surface area contributed by atoms with Gasteiger partial charge in [0.05, 0.1) is 12.3 Å². The molecule has 0 spiro atoms. The lowest BCUT2D eigenvalue weighted by atomic mass is 10.1. The molecule has 2 aromatic heterocycles. The Morgan fingerprint density at radius 3 is 2.86 bits per heavy atom. The second-order valence-corrected chi connectivity index (χ2v) is 4.51. The van der Waals surface area contributed by atoms with Crippen molar-refractivity contribution in [1.82, 2.24) is 9.38 Å². The minimum absolute atomic E-state index is 0.178. The number of para-hydroxylation sites is 1. The van der Waals surface area contributed by atoms with Gasteiger partial charge < -0.3 is 14.2 Å². The quantitative estimate of drug-likeness (QED) is 0.798. The molecule has 106 valence electrons. The molecule has 0 aliphatic rings. The molecule has 0 amide bonds. The number of aromatic nitrogens is 2. The summed E-state index contributed by atoms with van der Waals surface area (Å²) in [6.07, 6.45) is 3.58. The summed E-state index contributed by atoms with van der Waals surface area (Å²) in [7, 11) is 0. The van der Waals surface area contributed by atoms with Crippen LogP contribution in [0.2, 0.25) is 0 Å². The van der Waals surface area contributed by atoms with Gasteiger partial charge in [-0.25, -0.2) is 9.78 Å². The molecular weight excluding hydrogens is 268 g/mol. The number of ether oxygens (including phenoxy) is 1. The van der Waals surface area contributed by atoms with E-state index in [0.29, 0.717) is 17.9 Å². The monoisotopic (exact) mass is 282 g/mol. The smallest absolute Gasteiger partial charge is 0.339 e. The fourth-order valence-electron chi connectivity index (χ4n) is 2.27. The fourth-order valence-corrected chi connectivity index (χ4v) is 2.27. The molecule has 5 nitrogen and oxygen atoms in total. The molecule has 21 heavy (non-hydrogen) atoms. The van der Waals surface area contributed by atoms with Crippen molar-refractivity contribution in [2.24, 2.45) is 0 Å². The molecule has 5 heteroatoms. The number of hydrogen-bond acceptors (Lipinski definition) is 3. The first-order valence-corrected chi connectivity index (χ1v) is 6.64. The van der Waals surface area contributed by atoms with E-state index < -0.39 is 5.97 Å². The van der Waals surface area contributed by atoms with Gasteiger partial charge in [0.2, 0.25) is 0 Å². The van der Waals surface area contributed by atoms with Gasteiger partial charge in [-0.05, 0) is 31.2 Å². The average Bonchev–Trinajstić information content (AvgIpc) is 2.91. The standard InChI is InChI=1S/C16H14N2O3/c1-2-21-14-8-4-3-6-11(14)13-10-18-9-5-7-12(16(19)20)15(18)17-13/h3-10H,2H2,1H3,(H,19,20). The molecule has 2 heterocycles. The predicted octanol–water partition coefficient (Wildman–Crippen LogP) is 3.10. The summed E-state index contributed by atoms with van der Waals surface area (Å²) in [6, 6.07) is 10.8. The first-order chi connectivity index (χ1) is 10.2. The zero-order valence-corrected chi connectivity index (χ0v) is 11.5. The average molecular weight is 282 g/mol. The molecule has 1 N–H and O–H groups in total. The summed E-state index contributed by atoms with van der Waals surface area (Å²) < 4.78 is 7.31. The van der Waals surface area contributed by atoms with E-state index in [-0.39, 0.29) is 5.56 Å². The van der Waals surface area contributed by atoms with Crippen LogP contribution in [0.15, 0.2) is 48.8 Å². The highest BCUT2D eigenvalue weighted by molar-refractivity contribution is 5.94. The number of nitrogens with zero attached hydrogens (tertiary/aromatic N) is 2. The number of pyridine rings is 1. The summed E-state index contributed by atoms with van der Waals surface area (Å²) in [6.45, 7) is 2.48. The highest BCUT2D eigenvalue weighted by Gasteiger charge is 2.14. The van der Waals surface area contributed by atoms with Gasteiger partial charge in [-0.15, -0.1) is 0 Å². The van der Waals surface area contributed by atoms with E-state index in [1.54, 1.807) is 28.9 Å². The van der Waals surface area contributed by atoms with E-state index in [4.69, 9.17) is 4.74 Å². The molecule has 0 fully saturated rings. The molecule has 0 unspecified atom stereocenters. The zero-order valence-electron chi connectivity index (χ0n) is 11.5. The van der Waals surface area contributed by atoms with Crippen LogP contribution >= 0.6 is 0 Å². The number of hydrogen-bond donors (Lipinski definition) is 1. The zero-order chi connectivity index (χ0) is 14.8. The highest BCUT2D eigenvalue weighted by atomic mass is 16.5. The second kappa shape index (κ2) is 5.28. The Balaban J connectivity index is 2.18. The number of rotatable bonds is 4. The number of fused-ring (bicyclic) bond motifs is 1. The van der Waals surface area contributed by atoms with Crippen molar-refractivity contribution < 1.29 is 14.6 Å². The summed E-state index contributed by atoms with van der Waals surface area (Å²) in [4.78, 5) is 15.7. The molecule has 0 radical (unpaired) electrons. The Labute approximate surface area is 121 Å². The van der Waals surface area contributed by atoms with Gasteiger partial charge in [0.1, 0.15) is 11.3 Å². The molecule has 0 atom stereocenters. The molecule has 0 aliphatic heterocycles. The van der Waals surface area contributed by atoms with E-state index in [1.807, 2.05) is 31.2 Å². The van der Waals surface area contributed by atoms with E-state index in [2.05, 4.69) is 4.98 Å². The van der Waals surface area contributed by atoms with Crippen LogP contribution in [-0.4, -0.2) is 27.1 Å². The minimum Gasteiger partial charge on any atom is -0.493 e. The number of benzene rings is 1. The number of aromatic carboxylic acids is 1. The maximum Gasteiger partial charge on any atom is 0.339 e.